The van der Waals surface area contributed by atoms with Crippen LogP contribution in [-0.2, 0) is 51.3 Å². The summed E-state index contributed by atoms with van der Waals surface area (Å²) in [6.07, 6.45) is -2.03. The molecule has 2 amide bonds. The average Bonchev–Trinajstić information content (AvgIpc) is 2.91. The molecule has 0 heterocycles. The lowest BCUT2D eigenvalue weighted by atomic mass is 10.1. The molecule has 2 N–H and O–H groups in total. The van der Waals surface area contributed by atoms with Crippen LogP contribution in [0, 0.1) is 0 Å². The van der Waals surface area contributed by atoms with Gasteiger partial charge in [0.2, 0.25) is 5.91 Å². The largest absolute Gasteiger partial charge is 0.466 e. The number of amides is 2. The van der Waals surface area contributed by atoms with E-state index >= 15 is 0 Å². The van der Waals surface area contributed by atoms with Crippen molar-refractivity contribution in [3.63, 3.8) is 0 Å². The van der Waals surface area contributed by atoms with E-state index in [0.29, 0.717) is 5.56 Å². The molecule has 0 radical (unpaired) electrons. The smallest absolute Gasteiger partial charge is 0.408 e. The quantitative estimate of drug-likeness (QED) is 0.279. The first-order valence-electron chi connectivity index (χ1n) is 12.1. The molecule has 38 heavy (non-hydrogen) atoms. The summed E-state index contributed by atoms with van der Waals surface area (Å²) in [6, 6.07) is 14.9. The highest BCUT2D eigenvalue weighted by molar-refractivity contribution is 5.93. The maximum absolute atomic E-state index is 13.1. The van der Waals surface area contributed by atoms with Gasteiger partial charge in [-0.25, -0.2) is 9.59 Å². The van der Waals surface area contributed by atoms with Gasteiger partial charge in [-0.1, -0.05) is 60.7 Å². The number of carbonyl (C=O) groups is 5. The zero-order chi connectivity index (χ0) is 27.8. The highest BCUT2D eigenvalue weighted by Crippen LogP contribution is 2.07. The van der Waals surface area contributed by atoms with Crippen LogP contribution in [0.25, 0.3) is 0 Å². The Morgan fingerprint density at radius 3 is 1.68 bits per heavy atom. The Morgan fingerprint density at radius 2 is 1.13 bits per heavy atom. The van der Waals surface area contributed by atoms with Crippen molar-refractivity contribution in [2.75, 3.05) is 13.2 Å². The Labute approximate surface area is 220 Å². The Balaban J connectivity index is 2.10. The van der Waals surface area contributed by atoms with Gasteiger partial charge in [0.15, 0.2) is 0 Å². The van der Waals surface area contributed by atoms with E-state index in [0.717, 1.165) is 5.56 Å². The van der Waals surface area contributed by atoms with Crippen molar-refractivity contribution >= 4 is 29.9 Å². The Bertz CT molecular complexity index is 1000. The molecule has 0 aliphatic rings. The highest BCUT2D eigenvalue weighted by Gasteiger charge is 2.31. The summed E-state index contributed by atoms with van der Waals surface area (Å²) in [5.74, 6) is -3.30. The van der Waals surface area contributed by atoms with Crippen molar-refractivity contribution in [1.82, 2.24) is 10.6 Å². The van der Waals surface area contributed by atoms with Gasteiger partial charge in [-0.05, 0) is 25.0 Å². The highest BCUT2D eigenvalue weighted by atomic mass is 16.6. The molecular formula is C27H32N2O9. The minimum atomic E-state index is -1.47. The molecule has 0 saturated heterocycles. The molecule has 2 rings (SSSR count). The van der Waals surface area contributed by atoms with Crippen molar-refractivity contribution in [3.8, 4) is 0 Å². The van der Waals surface area contributed by atoms with E-state index in [4.69, 9.17) is 18.9 Å². The number of hydrogen-bond acceptors (Lipinski definition) is 9. The standard InChI is InChI=1S/C27H32N2O9/c1-3-35-23(30)16-22(26(33)36-4-2)28-25(32)21(15-24(31)37-17-19-11-7-5-8-12-19)29-27(34)38-18-20-13-9-6-10-14-20/h5-14,21-22H,3-4,15-18H2,1-2H3,(H,28,32)(H,29,34)/t21-,22-/m0/s1. The Morgan fingerprint density at radius 1 is 0.632 bits per heavy atom. The molecule has 2 aromatic rings. The summed E-state index contributed by atoms with van der Waals surface area (Å²) < 4.78 is 20.2. The van der Waals surface area contributed by atoms with Gasteiger partial charge in [0.1, 0.15) is 25.3 Å². The minimum absolute atomic E-state index is 0.00727. The summed E-state index contributed by atoms with van der Waals surface area (Å²) in [4.78, 5) is 62.4. The van der Waals surface area contributed by atoms with Crippen LogP contribution in [0.2, 0.25) is 0 Å². The molecular weight excluding hydrogens is 496 g/mol. The number of alkyl carbamates (subject to hydrolysis) is 1. The zero-order valence-electron chi connectivity index (χ0n) is 21.3. The molecule has 0 bridgehead atoms. The van der Waals surface area contributed by atoms with Crippen LogP contribution in [0.4, 0.5) is 4.79 Å². The number of ether oxygens (including phenoxy) is 4. The second-order valence-corrected chi connectivity index (χ2v) is 7.93. The van der Waals surface area contributed by atoms with Gasteiger partial charge in [0, 0.05) is 0 Å². The molecule has 0 aliphatic carbocycles. The molecule has 2 aromatic carbocycles. The van der Waals surface area contributed by atoms with Crippen LogP contribution in [0.1, 0.15) is 37.8 Å². The van der Waals surface area contributed by atoms with Crippen molar-refractivity contribution in [2.45, 2.75) is 52.0 Å². The lowest BCUT2D eigenvalue weighted by Crippen LogP contribution is -2.53. The van der Waals surface area contributed by atoms with Crippen LogP contribution >= 0.6 is 0 Å². The van der Waals surface area contributed by atoms with E-state index in [-0.39, 0.29) is 26.4 Å². The topological polar surface area (TPSA) is 146 Å². The predicted molar refractivity (Wildman–Crippen MR) is 134 cm³/mol. The maximum Gasteiger partial charge on any atom is 0.408 e. The zero-order valence-corrected chi connectivity index (χ0v) is 21.3. The van der Waals surface area contributed by atoms with Crippen LogP contribution in [-0.4, -0.2) is 55.2 Å². The first-order valence-corrected chi connectivity index (χ1v) is 12.1. The number of rotatable bonds is 14. The van der Waals surface area contributed by atoms with Crippen LogP contribution in [0.5, 0.6) is 0 Å². The van der Waals surface area contributed by atoms with Gasteiger partial charge in [0.25, 0.3) is 0 Å². The molecule has 11 heteroatoms. The second kappa shape index (κ2) is 16.4. The van der Waals surface area contributed by atoms with Crippen molar-refractivity contribution < 1.29 is 42.9 Å². The number of carbonyl (C=O) groups excluding carboxylic acids is 5. The van der Waals surface area contributed by atoms with Gasteiger partial charge in [0.05, 0.1) is 26.1 Å². The summed E-state index contributed by atoms with van der Waals surface area (Å²) in [5, 5.41) is 4.69. The molecule has 0 fully saturated rings. The Kier molecular flexibility index (Phi) is 12.8. The minimum Gasteiger partial charge on any atom is -0.466 e. The lowest BCUT2D eigenvalue weighted by molar-refractivity contribution is -0.153. The summed E-state index contributed by atoms with van der Waals surface area (Å²) in [6.45, 7) is 3.13. The third-order valence-corrected chi connectivity index (χ3v) is 5.00. The van der Waals surface area contributed by atoms with Crippen LogP contribution < -0.4 is 10.6 Å². The van der Waals surface area contributed by atoms with Crippen molar-refractivity contribution in [3.05, 3.63) is 71.8 Å². The SMILES string of the molecule is CCOC(=O)C[C@H](NC(=O)[C@H](CC(=O)OCc1ccccc1)NC(=O)OCc1ccccc1)C(=O)OCC. The van der Waals surface area contributed by atoms with Gasteiger partial charge in [-0.2, -0.15) is 0 Å². The Hall–Kier alpha value is -4.41. The average molecular weight is 529 g/mol. The first kappa shape index (κ1) is 29.8. The molecule has 0 aromatic heterocycles. The van der Waals surface area contributed by atoms with E-state index in [1.54, 1.807) is 68.4 Å². The monoisotopic (exact) mass is 528 g/mol. The van der Waals surface area contributed by atoms with E-state index in [9.17, 15) is 24.0 Å². The van der Waals surface area contributed by atoms with E-state index < -0.39 is 54.8 Å². The molecule has 2 atom stereocenters. The second-order valence-electron chi connectivity index (χ2n) is 7.93. The number of benzene rings is 2. The third kappa shape index (κ3) is 11.1. The number of nitrogens with one attached hydrogen (secondary N) is 2. The first-order chi connectivity index (χ1) is 18.3. The van der Waals surface area contributed by atoms with E-state index in [1.807, 2.05) is 6.07 Å². The lowest BCUT2D eigenvalue weighted by Gasteiger charge is -2.21. The van der Waals surface area contributed by atoms with Crippen LogP contribution in [0.3, 0.4) is 0 Å². The molecule has 204 valence electrons. The van der Waals surface area contributed by atoms with Gasteiger partial charge in [-0.3, -0.25) is 14.4 Å². The normalized spacial score (nSPS) is 11.8. The predicted octanol–water partition coefficient (Wildman–Crippen LogP) is 2.42. The third-order valence-electron chi connectivity index (χ3n) is 5.00. The van der Waals surface area contributed by atoms with Crippen LogP contribution in [0.15, 0.2) is 60.7 Å². The molecule has 0 aliphatic heterocycles. The fourth-order valence-electron chi connectivity index (χ4n) is 3.18. The maximum atomic E-state index is 13.1. The number of hydrogen-bond donors (Lipinski definition) is 2. The number of esters is 3. The fourth-order valence-corrected chi connectivity index (χ4v) is 3.18. The van der Waals surface area contributed by atoms with Gasteiger partial charge >= 0.3 is 24.0 Å². The molecule has 0 unspecified atom stereocenters. The van der Waals surface area contributed by atoms with Crippen molar-refractivity contribution in [1.29, 1.82) is 0 Å². The molecule has 0 saturated carbocycles. The van der Waals surface area contributed by atoms with E-state index in [1.165, 1.54) is 0 Å². The summed E-state index contributed by atoms with van der Waals surface area (Å²) in [7, 11) is 0. The van der Waals surface area contributed by atoms with Gasteiger partial charge < -0.3 is 29.6 Å². The van der Waals surface area contributed by atoms with E-state index in [2.05, 4.69) is 10.6 Å². The molecule has 0 spiro atoms. The summed E-state index contributed by atoms with van der Waals surface area (Å²) in [5.41, 5.74) is 1.44. The fraction of sp³-hybridized carbons (Fsp3) is 0.370. The van der Waals surface area contributed by atoms with Gasteiger partial charge in [-0.15, -0.1) is 0 Å². The molecule has 11 nitrogen and oxygen atoms in total. The van der Waals surface area contributed by atoms with Crippen molar-refractivity contribution in [2.24, 2.45) is 0 Å². The summed E-state index contributed by atoms with van der Waals surface area (Å²) >= 11 is 0.